The van der Waals surface area contributed by atoms with E-state index in [0.717, 1.165) is 31.7 Å². The molecule has 0 spiro atoms. The minimum Gasteiger partial charge on any atom is -0.380 e. The van der Waals surface area contributed by atoms with Crippen LogP contribution in [0.5, 0.6) is 0 Å². The molecule has 1 aliphatic heterocycles. The van der Waals surface area contributed by atoms with E-state index in [0.29, 0.717) is 5.41 Å². The third-order valence-electron chi connectivity index (χ3n) is 3.27. The predicted octanol–water partition coefficient (Wildman–Crippen LogP) is 1.80. The van der Waals surface area contributed by atoms with E-state index in [1.165, 1.54) is 19.3 Å². The molecule has 13 heavy (non-hydrogen) atoms. The van der Waals surface area contributed by atoms with Gasteiger partial charge in [-0.3, -0.25) is 0 Å². The Labute approximate surface area is 81.0 Å². The van der Waals surface area contributed by atoms with Gasteiger partial charge in [-0.15, -0.1) is 0 Å². The Balaban J connectivity index is 1.59. The van der Waals surface area contributed by atoms with Gasteiger partial charge in [0.15, 0.2) is 0 Å². The molecule has 1 heterocycles. The molecule has 1 saturated carbocycles. The molecule has 1 saturated heterocycles. The van der Waals surface area contributed by atoms with Gasteiger partial charge in [-0.1, -0.05) is 20.3 Å². The number of rotatable bonds is 5. The Kier molecular flexibility index (Phi) is 2.61. The van der Waals surface area contributed by atoms with Crippen LogP contribution in [0.25, 0.3) is 0 Å². The van der Waals surface area contributed by atoms with E-state index in [-0.39, 0.29) is 0 Å². The van der Waals surface area contributed by atoms with Crippen molar-refractivity contribution in [2.45, 2.75) is 39.2 Å². The molecule has 2 atom stereocenters. The summed E-state index contributed by atoms with van der Waals surface area (Å²) in [4.78, 5) is 0. The number of hydrogen-bond acceptors (Lipinski definition) is 2. The summed E-state index contributed by atoms with van der Waals surface area (Å²) < 4.78 is 5.22. The van der Waals surface area contributed by atoms with Gasteiger partial charge in [0.25, 0.3) is 0 Å². The smallest absolute Gasteiger partial charge is 0.0554 e. The van der Waals surface area contributed by atoms with E-state index in [4.69, 9.17) is 4.74 Å². The van der Waals surface area contributed by atoms with Crippen LogP contribution in [-0.4, -0.2) is 25.8 Å². The maximum Gasteiger partial charge on any atom is 0.0554 e. The zero-order chi connectivity index (χ0) is 9.31. The van der Waals surface area contributed by atoms with Crippen molar-refractivity contribution in [2.75, 3.05) is 19.8 Å². The maximum absolute atomic E-state index is 5.22. The van der Waals surface area contributed by atoms with Crippen LogP contribution in [0.1, 0.15) is 33.1 Å². The lowest BCUT2D eigenvalue weighted by Crippen LogP contribution is -2.47. The first-order valence-corrected chi connectivity index (χ1v) is 5.55. The van der Waals surface area contributed by atoms with Gasteiger partial charge in [0.1, 0.15) is 0 Å². The second-order valence-corrected chi connectivity index (χ2v) is 5.08. The molecular weight excluding hydrogens is 162 g/mol. The number of nitrogens with one attached hydrogen (secondary N) is 1. The van der Waals surface area contributed by atoms with Gasteiger partial charge in [-0.05, 0) is 18.8 Å². The number of hydrogen-bond donors (Lipinski definition) is 1. The van der Waals surface area contributed by atoms with E-state index in [9.17, 15) is 0 Å². The second-order valence-electron chi connectivity index (χ2n) is 5.08. The highest BCUT2D eigenvalue weighted by molar-refractivity contribution is 4.95. The van der Waals surface area contributed by atoms with E-state index in [1.807, 2.05) is 0 Å². The quantitative estimate of drug-likeness (QED) is 0.702. The average Bonchev–Trinajstić information content (AvgIpc) is 2.78. The molecule has 2 aliphatic rings. The van der Waals surface area contributed by atoms with Gasteiger partial charge < -0.3 is 10.1 Å². The molecule has 76 valence electrons. The lowest BCUT2D eigenvalue weighted by Gasteiger charge is -2.38. The van der Waals surface area contributed by atoms with Crippen molar-refractivity contribution in [1.29, 1.82) is 0 Å². The van der Waals surface area contributed by atoms with Gasteiger partial charge >= 0.3 is 0 Å². The summed E-state index contributed by atoms with van der Waals surface area (Å²) in [5, 5.41) is 3.65. The Morgan fingerprint density at radius 2 is 2.23 bits per heavy atom. The van der Waals surface area contributed by atoms with Crippen molar-refractivity contribution in [3.8, 4) is 0 Å². The lowest BCUT2D eigenvalue weighted by atomic mass is 9.89. The van der Waals surface area contributed by atoms with Crippen molar-refractivity contribution >= 4 is 0 Å². The summed E-state index contributed by atoms with van der Waals surface area (Å²) in [6.07, 6.45) is 4.15. The Morgan fingerprint density at radius 1 is 1.46 bits per heavy atom. The second kappa shape index (κ2) is 3.58. The van der Waals surface area contributed by atoms with Crippen LogP contribution in [0.4, 0.5) is 0 Å². The Bertz CT molecular complexity index is 177. The molecule has 0 aromatic heterocycles. The molecule has 2 unspecified atom stereocenters. The normalized spacial score (nSPS) is 35.5. The van der Waals surface area contributed by atoms with Crippen molar-refractivity contribution in [2.24, 2.45) is 11.3 Å². The summed E-state index contributed by atoms with van der Waals surface area (Å²) in [5.41, 5.74) is 0.444. The van der Waals surface area contributed by atoms with Crippen LogP contribution in [0.3, 0.4) is 0 Å². The first-order valence-electron chi connectivity index (χ1n) is 5.55. The molecule has 2 heteroatoms. The molecule has 2 rings (SSSR count). The van der Waals surface area contributed by atoms with Crippen LogP contribution in [0.2, 0.25) is 0 Å². The summed E-state index contributed by atoms with van der Waals surface area (Å²) in [6.45, 7) is 7.63. The van der Waals surface area contributed by atoms with Crippen LogP contribution < -0.4 is 5.32 Å². The molecule has 2 nitrogen and oxygen atoms in total. The summed E-state index contributed by atoms with van der Waals surface area (Å²) >= 11 is 0. The van der Waals surface area contributed by atoms with Crippen molar-refractivity contribution in [1.82, 2.24) is 5.32 Å². The topological polar surface area (TPSA) is 21.3 Å². The van der Waals surface area contributed by atoms with Crippen LogP contribution >= 0.6 is 0 Å². The average molecular weight is 183 g/mol. The van der Waals surface area contributed by atoms with Gasteiger partial charge in [0.05, 0.1) is 13.2 Å². The fourth-order valence-electron chi connectivity index (χ4n) is 2.12. The van der Waals surface area contributed by atoms with E-state index < -0.39 is 0 Å². The van der Waals surface area contributed by atoms with Crippen LogP contribution in [0, 0.1) is 11.3 Å². The van der Waals surface area contributed by atoms with E-state index in [2.05, 4.69) is 19.2 Å². The van der Waals surface area contributed by atoms with Gasteiger partial charge in [0, 0.05) is 18.0 Å². The Morgan fingerprint density at radius 3 is 2.77 bits per heavy atom. The molecule has 0 amide bonds. The van der Waals surface area contributed by atoms with Crippen molar-refractivity contribution in [3.63, 3.8) is 0 Å². The SMILES string of the molecule is CCCC1CC1NCC1(C)COC1. The first kappa shape index (κ1) is 9.47. The molecule has 0 aromatic rings. The highest BCUT2D eigenvalue weighted by Gasteiger charge is 2.39. The molecule has 0 radical (unpaired) electrons. The monoisotopic (exact) mass is 183 g/mol. The number of ether oxygens (including phenoxy) is 1. The Hall–Kier alpha value is -0.0800. The summed E-state index contributed by atoms with van der Waals surface area (Å²) in [5.74, 6) is 0.981. The molecule has 2 fully saturated rings. The van der Waals surface area contributed by atoms with Crippen molar-refractivity contribution in [3.05, 3.63) is 0 Å². The maximum atomic E-state index is 5.22. The van der Waals surface area contributed by atoms with Crippen LogP contribution in [-0.2, 0) is 4.74 Å². The fourth-order valence-corrected chi connectivity index (χ4v) is 2.12. The lowest BCUT2D eigenvalue weighted by molar-refractivity contribution is -0.0992. The minimum absolute atomic E-state index is 0.444. The molecule has 0 bridgehead atoms. The highest BCUT2D eigenvalue weighted by Crippen LogP contribution is 2.35. The molecule has 1 aliphatic carbocycles. The molecule has 1 N–H and O–H groups in total. The van der Waals surface area contributed by atoms with Gasteiger partial charge in [-0.2, -0.15) is 0 Å². The molecule has 0 aromatic carbocycles. The third kappa shape index (κ3) is 2.23. The standard InChI is InChI=1S/C11H21NO/c1-3-4-9-5-10(9)12-6-11(2)7-13-8-11/h9-10,12H,3-8H2,1-2H3. The van der Waals surface area contributed by atoms with E-state index in [1.54, 1.807) is 0 Å². The predicted molar refractivity (Wildman–Crippen MR) is 53.7 cm³/mol. The first-order chi connectivity index (χ1) is 6.23. The largest absolute Gasteiger partial charge is 0.380 e. The minimum atomic E-state index is 0.444. The van der Waals surface area contributed by atoms with Gasteiger partial charge in [-0.25, -0.2) is 0 Å². The summed E-state index contributed by atoms with van der Waals surface area (Å²) in [6, 6.07) is 0.831. The van der Waals surface area contributed by atoms with Crippen LogP contribution in [0.15, 0.2) is 0 Å². The van der Waals surface area contributed by atoms with Gasteiger partial charge in [0.2, 0.25) is 0 Å². The van der Waals surface area contributed by atoms with Crippen molar-refractivity contribution < 1.29 is 4.74 Å². The highest BCUT2D eigenvalue weighted by atomic mass is 16.5. The fraction of sp³-hybridized carbons (Fsp3) is 1.00. The molecular formula is C11H21NO. The third-order valence-corrected chi connectivity index (χ3v) is 3.27. The zero-order valence-corrected chi connectivity index (χ0v) is 8.81. The van der Waals surface area contributed by atoms with E-state index >= 15 is 0 Å². The summed E-state index contributed by atoms with van der Waals surface area (Å²) in [7, 11) is 0. The zero-order valence-electron chi connectivity index (χ0n) is 8.81.